The SMILES string of the molecule is CCC1(C)CCN(CCCC(C#N)(CC)NC(C)C)CC1. The molecule has 1 aliphatic heterocycles. The molecular weight excluding hydrogens is 258 g/mol. The van der Waals surface area contributed by atoms with E-state index >= 15 is 0 Å². The lowest BCUT2D eigenvalue weighted by molar-refractivity contribution is 0.111. The maximum Gasteiger partial charge on any atom is 0.106 e. The predicted molar refractivity (Wildman–Crippen MR) is 90.2 cm³/mol. The first-order valence-corrected chi connectivity index (χ1v) is 8.80. The van der Waals surface area contributed by atoms with Crippen LogP contribution in [0.1, 0.15) is 73.1 Å². The van der Waals surface area contributed by atoms with E-state index in [2.05, 4.69) is 50.9 Å². The van der Waals surface area contributed by atoms with Crippen molar-refractivity contribution in [2.24, 2.45) is 5.41 Å². The first kappa shape index (κ1) is 18.5. The van der Waals surface area contributed by atoms with Crippen molar-refractivity contribution >= 4 is 0 Å². The van der Waals surface area contributed by atoms with Crippen molar-refractivity contribution in [3.8, 4) is 6.07 Å². The molecule has 0 spiro atoms. The molecule has 1 saturated heterocycles. The molecule has 1 heterocycles. The first-order valence-electron chi connectivity index (χ1n) is 8.80. The van der Waals surface area contributed by atoms with Crippen LogP contribution in [0.15, 0.2) is 0 Å². The number of hydrogen-bond acceptors (Lipinski definition) is 3. The summed E-state index contributed by atoms with van der Waals surface area (Å²) < 4.78 is 0. The lowest BCUT2D eigenvalue weighted by atomic mass is 9.78. The van der Waals surface area contributed by atoms with E-state index in [0.29, 0.717) is 11.5 Å². The smallest absolute Gasteiger partial charge is 0.106 e. The molecule has 0 amide bonds. The normalized spacial score (nSPS) is 22.0. The van der Waals surface area contributed by atoms with Gasteiger partial charge in [0.15, 0.2) is 0 Å². The molecule has 1 aliphatic rings. The van der Waals surface area contributed by atoms with Gasteiger partial charge in [0.05, 0.1) is 6.07 Å². The van der Waals surface area contributed by atoms with Crippen molar-refractivity contribution in [1.29, 1.82) is 5.26 Å². The number of rotatable bonds is 8. The molecule has 0 radical (unpaired) electrons. The zero-order valence-corrected chi connectivity index (χ0v) is 14.8. The van der Waals surface area contributed by atoms with E-state index in [4.69, 9.17) is 0 Å². The van der Waals surface area contributed by atoms with Crippen LogP contribution in [0.3, 0.4) is 0 Å². The van der Waals surface area contributed by atoms with Crippen LogP contribution in [0.2, 0.25) is 0 Å². The third kappa shape index (κ3) is 5.60. The summed E-state index contributed by atoms with van der Waals surface area (Å²) in [6.45, 7) is 14.7. The Hall–Kier alpha value is -0.590. The Balaban J connectivity index is 2.37. The summed E-state index contributed by atoms with van der Waals surface area (Å²) in [5.41, 5.74) is 0.234. The molecule has 0 bridgehead atoms. The first-order chi connectivity index (χ1) is 9.88. The van der Waals surface area contributed by atoms with Gasteiger partial charge in [-0.25, -0.2) is 0 Å². The van der Waals surface area contributed by atoms with Gasteiger partial charge in [-0.1, -0.05) is 27.2 Å². The molecular formula is C18H35N3. The van der Waals surface area contributed by atoms with E-state index in [1.807, 2.05) is 0 Å². The lowest BCUT2D eigenvalue weighted by Gasteiger charge is -2.39. The number of nitriles is 1. The van der Waals surface area contributed by atoms with Gasteiger partial charge in [0.2, 0.25) is 0 Å². The molecule has 0 aliphatic carbocycles. The highest BCUT2D eigenvalue weighted by molar-refractivity contribution is 5.06. The van der Waals surface area contributed by atoms with E-state index in [1.165, 1.54) is 32.4 Å². The maximum atomic E-state index is 9.54. The van der Waals surface area contributed by atoms with Crippen molar-refractivity contribution in [2.45, 2.75) is 84.7 Å². The van der Waals surface area contributed by atoms with Gasteiger partial charge in [-0.3, -0.25) is 5.32 Å². The van der Waals surface area contributed by atoms with Crippen molar-refractivity contribution in [2.75, 3.05) is 19.6 Å². The van der Waals surface area contributed by atoms with Gasteiger partial charge in [-0.2, -0.15) is 5.26 Å². The van der Waals surface area contributed by atoms with Crippen molar-refractivity contribution in [3.63, 3.8) is 0 Å². The minimum Gasteiger partial charge on any atom is -0.303 e. The molecule has 1 fully saturated rings. The molecule has 1 atom stereocenters. The highest BCUT2D eigenvalue weighted by atomic mass is 15.1. The number of nitrogens with zero attached hydrogens (tertiary/aromatic N) is 2. The standard InChI is InChI=1S/C18H35N3/c1-6-17(5)10-13-21(14-11-17)12-8-9-18(7-2,15-19)20-16(3)4/h16,20H,6-14H2,1-5H3. The van der Waals surface area contributed by atoms with E-state index in [-0.39, 0.29) is 5.54 Å². The second-order valence-corrected chi connectivity index (χ2v) is 7.46. The summed E-state index contributed by atoms with van der Waals surface area (Å²) in [5.74, 6) is 0. The second-order valence-electron chi connectivity index (χ2n) is 7.46. The number of hydrogen-bond donors (Lipinski definition) is 1. The maximum absolute atomic E-state index is 9.54. The predicted octanol–water partition coefficient (Wildman–Crippen LogP) is 3.95. The van der Waals surface area contributed by atoms with Gasteiger partial charge >= 0.3 is 0 Å². The average molecular weight is 293 g/mol. The number of likely N-dealkylation sites (tertiary alicyclic amines) is 1. The Morgan fingerprint density at radius 1 is 1.29 bits per heavy atom. The molecule has 0 aromatic rings. The van der Waals surface area contributed by atoms with Gasteiger partial charge in [0.1, 0.15) is 5.54 Å². The molecule has 0 saturated carbocycles. The summed E-state index contributed by atoms with van der Waals surface area (Å²) in [6, 6.07) is 2.89. The molecule has 122 valence electrons. The van der Waals surface area contributed by atoms with Gasteiger partial charge in [-0.15, -0.1) is 0 Å². The van der Waals surface area contributed by atoms with Crippen LogP contribution in [-0.4, -0.2) is 36.1 Å². The van der Waals surface area contributed by atoms with Gasteiger partial charge in [-0.05, 0) is 71.0 Å². The molecule has 3 nitrogen and oxygen atoms in total. The molecule has 0 aromatic carbocycles. The second kappa shape index (κ2) is 8.15. The molecule has 1 unspecified atom stereocenters. The summed E-state index contributed by atoms with van der Waals surface area (Å²) in [4.78, 5) is 2.59. The van der Waals surface area contributed by atoms with Crippen LogP contribution in [0.5, 0.6) is 0 Å². The minimum absolute atomic E-state index is 0.331. The molecule has 3 heteroatoms. The number of piperidine rings is 1. The van der Waals surface area contributed by atoms with Gasteiger partial charge in [0.25, 0.3) is 0 Å². The fourth-order valence-corrected chi connectivity index (χ4v) is 3.35. The molecule has 21 heavy (non-hydrogen) atoms. The van der Waals surface area contributed by atoms with Crippen molar-refractivity contribution in [1.82, 2.24) is 10.2 Å². The summed E-state index contributed by atoms with van der Waals surface area (Å²) >= 11 is 0. The average Bonchev–Trinajstić information content (AvgIpc) is 2.48. The lowest BCUT2D eigenvalue weighted by Crippen LogP contribution is -2.47. The monoisotopic (exact) mass is 293 g/mol. The van der Waals surface area contributed by atoms with Crippen LogP contribution < -0.4 is 5.32 Å². The van der Waals surface area contributed by atoms with E-state index in [9.17, 15) is 5.26 Å². The Bertz CT molecular complexity index is 337. The fourth-order valence-electron chi connectivity index (χ4n) is 3.35. The zero-order valence-electron chi connectivity index (χ0n) is 14.8. The van der Waals surface area contributed by atoms with Crippen LogP contribution in [0, 0.1) is 16.7 Å². The van der Waals surface area contributed by atoms with Crippen LogP contribution in [-0.2, 0) is 0 Å². The van der Waals surface area contributed by atoms with Crippen LogP contribution in [0.25, 0.3) is 0 Å². The van der Waals surface area contributed by atoms with Gasteiger partial charge in [0, 0.05) is 6.04 Å². The fraction of sp³-hybridized carbons (Fsp3) is 0.944. The minimum atomic E-state index is -0.331. The van der Waals surface area contributed by atoms with Crippen molar-refractivity contribution < 1.29 is 0 Å². The highest BCUT2D eigenvalue weighted by Crippen LogP contribution is 2.34. The van der Waals surface area contributed by atoms with E-state index in [0.717, 1.165) is 25.8 Å². The van der Waals surface area contributed by atoms with Gasteiger partial charge < -0.3 is 4.90 Å². The third-order valence-corrected chi connectivity index (χ3v) is 5.38. The Morgan fingerprint density at radius 2 is 1.90 bits per heavy atom. The van der Waals surface area contributed by atoms with Crippen LogP contribution in [0.4, 0.5) is 0 Å². The quantitative estimate of drug-likeness (QED) is 0.736. The third-order valence-electron chi connectivity index (χ3n) is 5.38. The molecule has 0 aromatic heterocycles. The Kier molecular flexibility index (Phi) is 7.16. The summed E-state index contributed by atoms with van der Waals surface area (Å²) in [7, 11) is 0. The van der Waals surface area contributed by atoms with E-state index < -0.39 is 0 Å². The Morgan fingerprint density at radius 3 is 2.33 bits per heavy atom. The molecule has 1 N–H and O–H groups in total. The zero-order chi connectivity index (χ0) is 15.9. The topological polar surface area (TPSA) is 39.1 Å². The summed E-state index contributed by atoms with van der Waals surface area (Å²) in [5, 5.41) is 13.0. The van der Waals surface area contributed by atoms with Crippen molar-refractivity contribution in [3.05, 3.63) is 0 Å². The Labute approximate surface area is 132 Å². The summed E-state index contributed by atoms with van der Waals surface area (Å²) in [6.07, 6.45) is 6.90. The van der Waals surface area contributed by atoms with E-state index in [1.54, 1.807) is 0 Å². The van der Waals surface area contributed by atoms with Crippen LogP contribution >= 0.6 is 0 Å². The number of nitrogens with one attached hydrogen (secondary N) is 1. The highest BCUT2D eigenvalue weighted by Gasteiger charge is 2.30. The largest absolute Gasteiger partial charge is 0.303 e. The molecule has 1 rings (SSSR count).